The van der Waals surface area contributed by atoms with Crippen LogP contribution in [0.15, 0.2) is 115 Å². The number of nitrogens with zero attached hydrogens (tertiary/aromatic N) is 6. The van der Waals surface area contributed by atoms with Crippen molar-refractivity contribution in [3.8, 4) is 51.6 Å². The fraction of sp³-hybridized carbons (Fsp3) is 0.0526. The van der Waals surface area contributed by atoms with E-state index in [1.807, 2.05) is 48.5 Å². The van der Waals surface area contributed by atoms with Crippen LogP contribution in [-0.4, -0.2) is 24.9 Å². The van der Waals surface area contributed by atoms with Crippen LogP contribution in [0, 0.1) is 11.3 Å². The molecule has 0 saturated carbocycles. The molecule has 7 aromatic rings. The van der Waals surface area contributed by atoms with Gasteiger partial charge in [-0.2, -0.15) is 5.26 Å². The highest BCUT2D eigenvalue weighted by molar-refractivity contribution is 5.88. The van der Waals surface area contributed by atoms with Crippen molar-refractivity contribution in [2.45, 2.75) is 12.8 Å². The second-order valence-corrected chi connectivity index (χ2v) is 10.8. The molecule has 0 bridgehead atoms. The van der Waals surface area contributed by atoms with E-state index in [4.69, 9.17) is 24.9 Å². The SMILES string of the molecule is N#Cc1ccc(-c2nc3ccccc3nc2-c2nc(-c3ccc4c(c3)CCC=C4)nc(-c3ccc4ccccc4c3)n2)cc1. The molecule has 0 N–H and O–H groups in total. The van der Waals surface area contributed by atoms with E-state index in [0.29, 0.717) is 34.4 Å². The Morgan fingerprint density at radius 1 is 0.545 bits per heavy atom. The van der Waals surface area contributed by atoms with Crippen LogP contribution in [0.1, 0.15) is 23.1 Å². The van der Waals surface area contributed by atoms with Gasteiger partial charge < -0.3 is 0 Å². The first-order valence-electron chi connectivity index (χ1n) is 14.5. The van der Waals surface area contributed by atoms with Crippen molar-refractivity contribution < 1.29 is 0 Å². The molecule has 6 nitrogen and oxygen atoms in total. The molecular weight excluding hydrogens is 540 g/mol. The Bertz CT molecular complexity index is 2300. The summed E-state index contributed by atoms with van der Waals surface area (Å²) in [5.41, 5.74) is 8.44. The molecule has 0 radical (unpaired) electrons. The number of hydrogen-bond donors (Lipinski definition) is 0. The van der Waals surface area contributed by atoms with Gasteiger partial charge in [0.1, 0.15) is 11.4 Å². The van der Waals surface area contributed by atoms with Gasteiger partial charge in [-0.1, -0.05) is 84.9 Å². The zero-order valence-electron chi connectivity index (χ0n) is 23.6. The number of fused-ring (bicyclic) bond motifs is 3. The van der Waals surface area contributed by atoms with Gasteiger partial charge in [-0.25, -0.2) is 24.9 Å². The lowest BCUT2D eigenvalue weighted by atomic mass is 9.95. The summed E-state index contributed by atoms with van der Waals surface area (Å²) in [5.74, 6) is 1.58. The molecule has 2 aromatic heterocycles. The lowest BCUT2D eigenvalue weighted by Crippen LogP contribution is -2.04. The van der Waals surface area contributed by atoms with Gasteiger partial charge in [0.05, 0.1) is 22.7 Å². The van der Waals surface area contributed by atoms with Crippen LogP contribution < -0.4 is 0 Å². The minimum atomic E-state index is 0.438. The topological polar surface area (TPSA) is 88.2 Å². The zero-order valence-corrected chi connectivity index (χ0v) is 23.6. The average Bonchev–Trinajstić information content (AvgIpc) is 3.10. The van der Waals surface area contributed by atoms with Gasteiger partial charge in [0.2, 0.25) is 0 Å². The number of hydrogen-bond acceptors (Lipinski definition) is 6. The predicted octanol–water partition coefficient (Wildman–Crippen LogP) is 8.47. The second kappa shape index (κ2) is 10.6. The average molecular weight is 565 g/mol. The van der Waals surface area contributed by atoms with Gasteiger partial charge in [-0.05, 0) is 71.1 Å². The van der Waals surface area contributed by atoms with Crippen molar-refractivity contribution in [1.29, 1.82) is 5.26 Å². The maximum absolute atomic E-state index is 9.38. The first kappa shape index (κ1) is 25.6. The summed E-state index contributed by atoms with van der Waals surface area (Å²) in [6.45, 7) is 0. The molecule has 1 aliphatic carbocycles. The fourth-order valence-corrected chi connectivity index (χ4v) is 5.70. The summed E-state index contributed by atoms with van der Waals surface area (Å²) in [4.78, 5) is 25.2. The summed E-state index contributed by atoms with van der Waals surface area (Å²) in [6.07, 6.45) is 6.39. The molecule has 5 aromatic carbocycles. The molecule has 0 aliphatic heterocycles. The monoisotopic (exact) mass is 564 g/mol. The number of rotatable bonds is 4. The molecular formula is C38H24N6. The molecule has 0 saturated heterocycles. The molecule has 206 valence electrons. The predicted molar refractivity (Wildman–Crippen MR) is 174 cm³/mol. The van der Waals surface area contributed by atoms with Crippen molar-refractivity contribution in [1.82, 2.24) is 24.9 Å². The lowest BCUT2D eigenvalue weighted by molar-refractivity contribution is 0.983. The minimum Gasteiger partial charge on any atom is -0.244 e. The first-order chi connectivity index (χ1) is 21.7. The molecule has 2 heterocycles. The maximum atomic E-state index is 9.38. The van der Waals surface area contributed by atoms with E-state index in [-0.39, 0.29) is 0 Å². The van der Waals surface area contributed by atoms with Gasteiger partial charge in [0.15, 0.2) is 17.5 Å². The molecule has 1 aliphatic rings. The van der Waals surface area contributed by atoms with Gasteiger partial charge >= 0.3 is 0 Å². The van der Waals surface area contributed by atoms with E-state index in [9.17, 15) is 5.26 Å². The number of allylic oxidation sites excluding steroid dienone is 1. The summed E-state index contributed by atoms with van der Waals surface area (Å²) in [6, 6.07) is 38.3. The molecule has 0 atom stereocenters. The van der Waals surface area contributed by atoms with Crippen LogP contribution in [-0.2, 0) is 6.42 Å². The van der Waals surface area contributed by atoms with Crippen molar-refractivity contribution in [3.63, 3.8) is 0 Å². The van der Waals surface area contributed by atoms with Crippen LogP contribution in [0.4, 0.5) is 0 Å². The third-order valence-electron chi connectivity index (χ3n) is 7.99. The third kappa shape index (κ3) is 4.67. The molecule has 6 heteroatoms. The maximum Gasteiger partial charge on any atom is 0.184 e. The number of para-hydroxylation sites is 2. The first-order valence-corrected chi connectivity index (χ1v) is 14.5. The highest BCUT2D eigenvalue weighted by Crippen LogP contribution is 2.33. The van der Waals surface area contributed by atoms with Crippen LogP contribution in [0.2, 0.25) is 0 Å². The normalized spacial score (nSPS) is 12.2. The molecule has 0 fully saturated rings. The fourth-order valence-electron chi connectivity index (χ4n) is 5.70. The zero-order chi connectivity index (χ0) is 29.5. The smallest absolute Gasteiger partial charge is 0.184 e. The summed E-state index contributed by atoms with van der Waals surface area (Å²) in [5, 5.41) is 11.6. The lowest BCUT2D eigenvalue weighted by Gasteiger charge is -2.14. The molecule has 0 spiro atoms. The van der Waals surface area contributed by atoms with Gasteiger partial charge in [0, 0.05) is 16.7 Å². The van der Waals surface area contributed by atoms with Gasteiger partial charge in [0.25, 0.3) is 0 Å². The van der Waals surface area contributed by atoms with Crippen molar-refractivity contribution in [3.05, 3.63) is 132 Å². The van der Waals surface area contributed by atoms with E-state index in [1.165, 1.54) is 11.1 Å². The van der Waals surface area contributed by atoms with Crippen molar-refractivity contribution >= 4 is 27.9 Å². The van der Waals surface area contributed by atoms with E-state index in [1.54, 1.807) is 12.1 Å². The number of aromatic nitrogens is 5. The number of benzene rings is 5. The van der Waals surface area contributed by atoms with Crippen molar-refractivity contribution in [2.75, 3.05) is 0 Å². The van der Waals surface area contributed by atoms with Crippen LogP contribution in [0.25, 0.3) is 73.4 Å². The summed E-state index contributed by atoms with van der Waals surface area (Å²) in [7, 11) is 0. The summed E-state index contributed by atoms with van der Waals surface area (Å²) < 4.78 is 0. The highest BCUT2D eigenvalue weighted by Gasteiger charge is 2.20. The standard InChI is InChI=1S/C38H24N6/c39-23-24-13-15-27(16-14-24)34-35(41-33-12-6-5-11-32(33)40-34)38-43-36(30-19-17-25-7-1-3-9-28(25)21-30)42-37(44-38)31-20-18-26-8-2-4-10-29(26)22-31/h1-3,5-9,11-22H,4,10H2. The second-order valence-electron chi connectivity index (χ2n) is 10.8. The Hall–Kier alpha value is -6.06. The third-order valence-corrected chi connectivity index (χ3v) is 7.99. The van der Waals surface area contributed by atoms with Gasteiger partial charge in [-0.15, -0.1) is 0 Å². The van der Waals surface area contributed by atoms with E-state index in [0.717, 1.165) is 51.3 Å². The van der Waals surface area contributed by atoms with Crippen LogP contribution in [0.3, 0.4) is 0 Å². The Morgan fingerprint density at radius 3 is 1.95 bits per heavy atom. The molecule has 0 unspecified atom stereocenters. The summed E-state index contributed by atoms with van der Waals surface area (Å²) >= 11 is 0. The van der Waals surface area contributed by atoms with E-state index >= 15 is 0 Å². The van der Waals surface area contributed by atoms with E-state index < -0.39 is 0 Å². The van der Waals surface area contributed by atoms with Crippen molar-refractivity contribution in [2.24, 2.45) is 0 Å². The molecule has 44 heavy (non-hydrogen) atoms. The van der Waals surface area contributed by atoms with Gasteiger partial charge in [-0.3, -0.25) is 0 Å². The quantitative estimate of drug-likeness (QED) is 0.213. The Labute approximate surface area is 254 Å². The number of aryl methyl sites for hydroxylation is 1. The van der Waals surface area contributed by atoms with Crippen LogP contribution in [0.5, 0.6) is 0 Å². The Morgan fingerprint density at radius 2 is 1.18 bits per heavy atom. The molecule has 0 amide bonds. The molecule has 8 rings (SSSR count). The largest absolute Gasteiger partial charge is 0.244 e. The minimum absolute atomic E-state index is 0.438. The Kier molecular flexibility index (Phi) is 6.20. The highest BCUT2D eigenvalue weighted by atomic mass is 15.1. The van der Waals surface area contributed by atoms with Crippen LogP contribution >= 0.6 is 0 Å². The van der Waals surface area contributed by atoms with E-state index in [2.05, 4.69) is 66.8 Å². The number of nitriles is 1. The Balaban J connectivity index is 1.38.